The van der Waals surface area contributed by atoms with Crippen LogP contribution in [-0.4, -0.2) is 32.1 Å². The van der Waals surface area contributed by atoms with Crippen molar-refractivity contribution >= 4 is 11.6 Å². The summed E-state index contributed by atoms with van der Waals surface area (Å²) in [6.07, 6.45) is 1.07. The van der Waals surface area contributed by atoms with Crippen molar-refractivity contribution in [2.24, 2.45) is 11.7 Å². The molecule has 3 nitrogen and oxygen atoms in total. The highest BCUT2D eigenvalue weighted by atomic mass is 35.5. The number of hydrogen-bond donors (Lipinski definition) is 1. The summed E-state index contributed by atoms with van der Waals surface area (Å²) in [5.41, 5.74) is 6.89. The predicted molar refractivity (Wildman–Crippen MR) is 70.5 cm³/mol. The minimum absolute atomic E-state index is 0.353. The minimum Gasteiger partial charge on any atom is -0.495 e. The van der Waals surface area contributed by atoms with Gasteiger partial charge in [0, 0.05) is 12.6 Å². The number of methoxy groups -OCH3 is 1. The molecule has 0 saturated carbocycles. The van der Waals surface area contributed by atoms with Gasteiger partial charge in [-0.15, -0.1) is 0 Å². The summed E-state index contributed by atoms with van der Waals surface area (Å²) in [7, 11) is 3.77. The maximum Gasteiger partial charge on any atom is 0.137 e. The summed E-state index contributed by atoms with van der Waals surface area (Å²) < 4.78 is 5.26. The molecule has 0 bridgehead atoms. The summed E-state index contributed by atoms with van der Waals surface area (Å²) in [6, 6.07) is 6.31. The van der Waals surface area contributed by atoms with Crippen molar-refractivity contribution in [3.63, 3.8) is 0 Å². The van der Waals surface area contributed by atoms with E-state index in [1.54, 1.807) is 7.11 Å². The fourth-order valence-electron chi connectivity index (χ4n) is 2.58. The lowest BCUT2D eigenvalue weighted by molar-refractivity contribution is 0.312. The Hall–Kier alpha value is -0.770. The molecule has 2 unspecified atom stereocenters. The molecule has 1 fully saturated rings. The molecule has 2 atom stereocenters. The Morgan fingerprint density at radius 2 is 2.29 bits per heavy atom. The molecule has 94 valence electrons. The smallest absolute Gasteiger partial charge is 0.137 e. The number of hydrogen-bond acceptors (Lipinski definition) is 3. The third kappa shape index (κ3) is 2.41. The second-order valence-electron chi connectivity index (χ2n) is 4.66. The average molecular weight is 255 g/mol. The van der Waals surface area contributed by atoms with Gasteiger partial charge in [0.1, 0.15) is 5.75 Å². The van der Waals surface area contributed by atoms with Crippen LogP contribution >= 0.6 is 11.6 Å². The second kappa shape index (κ2) is 5.25. The van der Waals surface area contributed by atoms with Crippen molar-refractivity contribution in [2.75, 3.05) is 27.2 Å². The SMILES string of the molecule is COc1cccc(C2CC(CN)CN2C)c1Cl. The van der Waals surface area contributed by atoms with Gasteiger partial charge in [0.05, 0.1) is 12.1 Å². The Kier molecular flexibility index (Phi) is 3.92. The lowest BCUT2D eigenvalue weighted by Crippen LogP contribution is -2.20. The quantitative estimate of drug-likeness (QED) is 0.900. The van der Waals surface area contributed by atoms with Gasteiger partial charge in [0.2, 0.25) is 0 Å². The zero-order valence-electron chi connectivity index (χ0n) is 10.3. The molecule has 0 radical (unpaired) electrons. The van der Waals surface area contributed by atoms with Crippen molar-refractivity contribution in [1.82, 2.24) is 4.90 Å². The van der Waals surface area contributed by atoms with Crippen LogP contribution in [0.15, 0.2) is 18.2 Å². The number of rotatable bonds is 3. The van der Waals surface area contributed by atoms with Crippen LogP contribution in [0, 0.1) is 5.92 Å². The molecular weight excluding hydrogens is 236 g/mol. The molecule has 1 aliphatic rings. The number of nitrogens with zero attached hydrogens (tertiary/aromatic N) is 1. The Morgan fingerprint density at radius 1 is 1.53 bits per heavy atom. The van der Waals surface area contributed by atoms with Gasteiger partial charge in [-0.3, -0.25) is 4.90 Å². The number of likely N-dealkylation sites (tertiary alicyclic amines) is 1. The number of benzene rings is 1. The summed E-state index contributed by atoms with van der Waals surface area (Å²) in [4.78, 5) is 2.32. The molecule has 1 aliphatic heterocycles. The van der Waals surface area contributed by atoms with Gasteiger partial charge in [-0.1, -0.05) is 23.7 Å². The third-order valence-electron chi connectivity index (χ3n) is 3.54. The van der Waals surface area contributed by atoms with Crippen LogP contribution < -0.4 is 10.5 Å². The normalized spacial score (nSPS) is 25.2. The summed E-state index contributed by atoms with van der Waals surface area (Å²) in [5, 5.41) is 0.726. The van der Waals surface area contributed by atoms with E-state index in [9.17, 15) is 0 Å². The maximum atomic E-state index is 6.36. The van der Waals surface area contributed by atoms with Gasteiger partial charge < -0.3 is 10.5 Å². The van der Waals surface area contributed by atoms with E-state index in [0.717, 1.165) is 35.8 Å². The summed E-state index contributed by atoms with van der Waals surface area (Å²) in [6.45, 7) is 1.77. The zero-order chi connectivity index (χ0) is 12.4. The van der Waals surface area contributed by atoms with Gasteiger partial charge >= 0.3 is 0 Å². The van der Waals surface area contributed by atoms with E-state index in [2.05, 4.69) is 18.0 Å². The molecule has 17 heavy (non-hydrogen) atoms. The molecule has 2 N–H and O–H groups in total. The predicted octanol–water partition coefficient (Wildman–Crippen LogP) is 2.30. The molecule has 0 amide bonds. The Labute approximate surface area is 107 Å². The number of ether oxygens (including phenoxy) is 1. The maximum absolute atomic E-state index is 6.36. The Morgan fingerprint density at radius 3 is 2.88 bits per heavy atom. The Bertz CT molecular complexity index is 397. The first-order valence-corrected chi connectivity index (χ1v) is 6.27. The standard InChI is InChI=1S/C13H19ClN2O/c1-16-8-9(7-15)6-11(16)10-4-3-5-12(17-2)13(10)14/h3-5,9,11H,6-8,15H2,1-2H3. The van der Waals surface area contributed by atoms with Crippen LogP contribution in [0.25, 0.3) is 0 Å². The first-order valence-electron chi connectivity index (χ1n) is 5.90. The number of nitrogens with two attached hydrogens (primary N) is 1. The van der Waals surface area contributed by atoms with E-state index >= 15 is 0 Å². The highest BCUT2D eigenvalue weighted by molar-refractivity contribution is 6.32. The molecule has 1 aromatic rings. The van der Waals surface area contributed by atoms with Gasteiger partial charge in [0.25, 0.3) is 0 Å². The topological polar surface area (TPSA) is 38.5 Å². The minimum atomic E-state index is 0.353. The van der Waals surface area contributed by atoms with Crippen molar-refractivity contribution in [3.8, 4) is 5.75 Å². The van der Waals surface area contributed by atoms with Gasteiger partial charge in [-0.05, 0) is 37.6 Å². The van der Waals surface area contributed by atoms with Crippen molar-refractivity contribution in [1.29, 1.82) is 0 Å². The van der Waals surface area contributed by atoms with Gasteiger partial charge in [-0.25, -0.2) is 0 Å². The molecule has 0 aromatic heterocycles. The molecule has 4 heteroatoms. The van der Waals surface area contributed by atoms with Crippen molar-refractivity contribution in [3.05, 3.63) is 28.8 Å². The molecule has 2 rings (SSSR count). The summed E-state index contributed by atoms with van der Waals surface area (Å²) >= 11 is 6.36. The summed E-state index contributed by atoms with van der Waals surface area (Å²) in [5.74, 6) is 1.31. The first-order chi connectivity index (χ1) is 8.17. The van der Waals surface area contributed by atoms with E-state index in [0.29, 0.717) is 12.0 Å². The highest BCUT2D eigenvalue weighted by Crippen LogP contribution is 2.40. The van der Waals surface area contributed by atoms with Crippen molar-refractivity contribution < 1.29 is 4.74 Å². The fourth-order valence-corrected chi connectivity index (χ4v) is 2.91. The van der Waals surface area contributed by atoms with Crippen LogP contribution in [0.4, 0.5) is 0 Å². The average Bonchev–Trinajstić information content (AvgIpc) is 2.71. The van der Waals surface area contributed by atoms with E-state index in [4.69, 9.17) is 22.1 Å². The first kappa shape index (κ1) is 12.7. The molecule has 1 heterocycles. The molecular formula is C13H19ClN2O. The fraction of sp³-hybridized carbons (Fsp3) is 0.538. The van der Waals surface area contributed by atoms with Gasteiger partial charge in [0.15, 0.2) is 0 Å². The lowest BCUT2D eigenvalue weighted by Gasteiger charge is -2.21. The largest absolute Gasteiger partial charge is 0.495 e. The highest BCUT2D eigenvalue weighted by Gasteiger charge is 2.31. The van der Waals surface area contributed by atoms with Crippen molar-refractivity contribution in [2.45, 2.75) is 12.5 Å². The molecule has 0 aliphatic carbocycles. The Balaban J connectivity index is 2.28. The molecule has 1 aromatic carbocycles. The van der Waals surface area contributed by atoms with E-state index in [1.165, 1.54) is 0 Å². The lowest BCUT2D eigenvalue weighted by atomic mass is 9.99. The van der Waals surface area contributed by atoms with E-state index in [1.807, 2.05) is 12.1 Å². The number of halogens is 1. The van der Waals surface area contributed by atoms with Gasteiger partial charge in [-0.2, -0.15) is 0 Å². The van der Waals surface area contributed by atoms with Crippen LogP contribution in [-0.2, 0) is 0 Å². The van der Waals surface area contributed by atoms with E-state index in [-0.39, 0.29) is 0 Å². The second-order valence-corrected chi connectivity index (χ2v) is 5.03. The van der Waals surface area contributed by atoms with Crippen LogP contribution in [0.5, 0.6) is 5.75 Å². The molecule has 0 spiro atoms. The third-order valence-corrected chi connectivity index (χ3v) is 3.94. The van der Waals surface area contributed by atoms with Crippen LogP contribution in [0.3, 0.4) is 0 Å². The molecule has 1 saturated heterocycles. The van der Waals surface area contributed by atoms with E-state index < -0.39 is 0 Å². The van der Waals surface area contributed by atoms with Crippen LogP contribution in [0.1, 0.15) is 18.0 Å². The zero-order valence-corrected chi connectivity index (χ0v) is 11.1. The monoisotopic (exact) mass is 254 g/mol. The van der Waals surface area contributed by atoms with Crippen LogP contribution in [0.2, 0.25) is 5.02 Å².